The number of likely N-dealkylation sites (tertiary alicyclic amines) is 1. The summed E-state index contributed by atoms with van der Waals surface area (Å²) < 4.78 is 5.13. The van der Waals surface area contributed by atoms with E-state index in [9.17, 15) is 9.59 Å². The summed E-state index contributed by atoms with van der Waals surface area (Å²) in [5, 5.41) is 2.76. The van der Waals surface area contributed by atoms with Gasteiger partial charge in [-0.25, -0.2) is 4.79 Å². The van der Waals surface area contributed by atoms with E-state index in [2.05, 4.69) is 5.32 Å². The second kappa shape index (κ2) is 6.26. The van der Waals surface area contributed by atoms with Crippen LogP contribution < -0.4 is 5.32 Å². The van der Waals surface area contributed by atoms with E-state index in [1.54, 1.807) is 29.2 Å². The molecule has 0 aliphatic carbocycles. The van der Waals surface area contributed by atoms with Gasteiger partial charge in [-0.2, -0.15) is 0 Å². The van der Waals surface area contributed by atoms with E-state index in [-0.39, 0.29) is 11.9 Å². The molecule has 0 spiro atoms. The van der Waals surface area contributed by atoms with Crippen LogP contribution in [0.2, 0.25) is 0 Å². The summed E-state index contributed by atoms with van der Waals surface area (Å²) in [6, 6.07) is 3.43. The van der Waals surface area contributed by atoms with Gasteiger partial charge in [0, 0.05) is 33.1 Å². The van der Waals surface area contributed by atoms with Crippen molar-refractivity contribution in [2.45, 2.75) is 19.4 Å². The first-order valence-corrected chi connectivity index (χ1v) is 6.46. The highest BCUT2D eigenvalue weighted by atomic mass is 16.3. The first-order valence-electron chi connectivity index (χ1n) is 6.46. The average Bonchev–Trinajstić information content (AvgIpc) is 3.04. The molecule has 0 aromatic carbocycles. The minimum absolute atomic E-state index is 0.164. The molecule has 0 unspecified atom stereocenters. The van der Waals surface area contributed by atoms with Crippen molar-refractivity contribution in [1.82, 2.24) is 15.1 Å². The molecule has 19 heavy (non-hydrogen) atoms. The number of likely N-dealkylation sites (N-methyl/N-ethyl adjacent to an activating group) is 1. The number of urea groups is 1. The Morgan fingerprint density at radius 1 is 1.58 bits per heavy atom. The van der Waals surface area contributed by atoms with Crippen molar-refractivity contribution < 1.29 is 14.0 Å². The number of carbonyl (C=O) groups excluding carboxylic acids is 2. The topological polar surface area (TPSA) is 65.8 Å². The fourth-order valence-corrected chi connectivity index (χ4v) is 2.02. The van der Waals surface area contributed by atoms with Crippen LogP contribution in [0.25, 0.3) is 0 Å². The van der Waals surface area contributed by atoms with Gasteiger partial charge in [-0.3, -0.25) is 4.79 Å². The van der Waals surface area contributed by atoms with Crippen LogP contribution in [0.4, 0.5) is 4.79 Å². The lowest BCUT2D eigenvalue weighted by atomic mass is 10.4. The molecule has 2 rings (SSSR count). The number of amides is 3. The molecule has 0 radical (unpaired) electrons. The lowest BCUT2D eigenvalue weighted by molar-refractivity contribution is -0.127. The van der Waals surface area contributed by atoms with Gasteiger partial charge in [0.05, 0.1) is 12.8 Å². The minimum Gasteiger partial charge on any atom is -0.467 e. The van der Waals surface area contributed by atoms with Crippen molar-refractivity contribution in [2.75, 3.05) is 26.7 Å². The summed E-state index contributed by atoms with van der Waals surface area (Å²) in [4.78, 5) is 26.6. The van der Waals surface area contributed by atoms with Crippen LogP contribution in [-0.2, 0) is 11.3 Å². The largest absolute Gasteiger partial charge is 0.467 e. The second-order valence-electron chi connectivity index (χ2n) is 4.64. The number of furan rings is 1. The van der Waals surface area contributed by atoms with Crippen molar-refractivity contribution in [3.05, 3.63) is 24.2 Å². The molecule has 104 valence electrons. The van der Waals surface area contributed by atoms with E-state index in [1.165, 1.54) is 0 Å². The molecule has 1 aliphatic rings. The predicted molar refractivity (Wildman–Crippen MR) is 69.4 cm³/mol. The maximum Gasteiger partial charge on any atom is 0.317 e. The normalized spacial score (nSPS) is 14.8. The third kappa shape index (κ3) is 3.74. The van der Waals surface area contributed by atoms with Crippen molar-refractivity contribution in [3.8, 4) is 0 Å². The highest BCUT2D eigenvalue weighted by Gasteiger charge is 2.20. The fraction of sp³-hybridized carbons (Fsp3) is 0.538. The standard InChI is InChI=1S/C13H19N3O3/c1-15(7-8-16-6-2-5-12(16)17)13(18)14-10-11-4-3-9-19-11/h3-4,9H,2,5-8,10H2,1H3,(H,14,18). The highest BCUT2D eigenvalue weighted by Crippen LogP contribution is 2.08. The van der Waals surface area contributed by atoms with Gasteiger partial charge in [-0.15, -0.1) is 0 Å². The van der Waals surface area contributed by atoms with E-state index < -0.39 is 0 Å². The second-order valence-corrected chi connectivity index (χ2v) is 4.64. The zero-order valence-corrected chi connectivity index (χ0v) is 11.1. The number of carbonyl (C=O) groups is 2. The minimum atomic E-state index is -0.164. The van der Waals surface area contributed by atoms with E-state index in [0.717, 1.165) is 18.7 Å². The molecule has 6 heteroatoms. The van der Waals surface area contributed by atoms with Gasteiger partial charge in [-0.1, -0.05) is 0 Å². The van der Waals surface area contributed by atoms with Crippen LogP contribution in [0.1, 0.15) is 18.6 Å². The smallest absolute Gasteiger partial charge is 0.317 e. The molecule has 1 N–H and O–H groups in total. The molecule has 1 aromatic heterocycles. The summed E-state index contributed by atoms with van der Waals surface area (Å²) in [5.74, 6) is 0.904. The molecule has 6 nitrogen and oxygen atoms in total. The number of hydrogen-bond acceptors (Lipinski definition) is 3. The summed E-state index contributed by atoms with van der Waals surface area (Å²) in [6.07, 6.45) is 3.13. The maximum atomic E-state index is 11.8. The third-order valence-corrected chi connectivity index (χ3v) is 3.22. The maximum absolute atomic E-state index is 11.8. The van der Waals surface area contributed by atoms with Gasteiger partial charge >= 0.3 is 6.03 Å². The van der Waals surface area contributed by atoms with Crippen molar-refractivity contribution >= 4 is 11.9 Å². The summed E-state index contributed by atoms with van der Waals surface area (Å²) in [5.41, 5.74) is 0. The first kappa shape index (κ1) is 13.5. The van der Waals surface area contributed by atoms with Crippen molar-refractivity contribution in [3.63, 3.8) is 0 Å². The number of rotatable bonds is 5. The Labute approximate surface area is 112 Å². The molecular formula is C13H19N3O3. The lowest BCUT2D eigenvalue weighted by Gasteiger charge is -2.22. The molecule has 0 saturated carbocycles. The van der Waals surface area contributed by atoms with Crippen molar-refractivity contribution in [1.29, 1.82) is 0 Å². The van der Waals surface area contributed by atoms with E-state index in [1.807, 2.05) is 6.07 Å². The average molecular weight is 265 g/mol. The lowest BCUT2D eigenvalue weighted by Crippen LogP contribution is -2.41. The van der Waals surface area contributed by atoms with Crippen LogP contribution >= 0.6 is 0 Å². The van der Waals surface area contributed by atoms with Crippen LogP contribution in [-0.4, -0.2) is 48.4 Å². The molecule has 1 aromatic rings. The van der Waals surface area contributed by atoms with Crippen LogP contribution in [0, 0.1) is 0 Å². The van der Waals surface area contributed by atoms with Gasteiger partial charge in [0.2, 0.25) is 5.91 Å². The van der Waals surface area contributed by atoms with Gasteiger partial charge in [0.15, 0.2) is 0 Å². The van der Waals surface area contributed by atoms with E-state index in [4.69, 9.17) is 4.42 Å². The molecule has 3 amide bonds. The number of nitrogens with one attached hydrogen (secondary N) is 1. The zero-order valence-electron chi connectivity index (χ0n) is 11.1. The Morgan fingerprint density at radius 2 is 2.42 bits per heavy atom. The Kier molecular flexibility index (Phi) is 4.43. The molecule has 0 bridgehead atoms. The molecule has 1 fully saturated rings. The van der Waals surface area contributed by atoms with Crippen LogP contribution in [0.15, 0.2) is 22.8 Å². The third-order valence-electron chi connectivity index (χ3n) is 3.22. The fourth-order valence-electron chi connectivity index (χ4n) is 2.02. The van der Waals surface area contributed by atoms with Gasteiger partial charge in [0.25, 0.3) is 0 Å². The van der Waals surface area contributed by atoms with E-state index >= 15 is 0 Å². The molecule has 0 atom stereocenters. The SMILES string of the molecule is CN(CCN1CCCC1=O)C(=O)NCc1ccco1. The summed E-state index contributed by atoms with van der Waals surface area (Å²) in [6.45, 7) is 2.32. The molecule has 1 saturated heterocycles. The van der Waals surface area contributed by atoms with Gasteiger partial charge in [0.1, 0.15) is 5.76 Å². The number of nitrogens with zero attached hydrogens (tertiary/aromatic N) is 2. The Morgan fingerprint density at radius 3 is 3.05 bits per heavy atom. The van der Waals surface area contributed by atoms with E-state index in [0.29, 0.717) is 26.1 Å². The van der Waals surface area contributed by atoms with Gasteiger partial charge in [-0.05, 0) is 18.6 Å². The Bertz CT molecular complexity index is 430. The Balaban J connectivity index is 1.68. The zero-order chi connectivity index (χ0) is 13.7. The monoisotopic (exact) mass is 265 g/mol. The number of hydrogen-bond donors (Lipinski definition) is 1. The quantitative estimate of drug-likeness (QED) is 0.865. The van der Waals surface area contributed by atoms with Gasteiger partial charge < -0.3 is 19.5 Å². The first-order chi connectivity index (χ1) is 9.16. The Hall–Kier alpha value is -1.98. The van der Waals surface area contributed by atoms with Crippen molar-refractivity contribution in [2.24, 2.45) is 0 Å². The molecular weight excluding hydrogens is 246 g/mol. The van der Waals surface area contributed by atoms with Crippen LogP contribution in [0.5, 0.6) is 0 Å². The summed E-state index contributed by atoms with van der Waals surface area (Å²) in [7, 11) is 1.72. The summed E-state index contributed by atoms with van der Waals surface area (Å²) >= 11 is 0. The molecule has 1 aliphatic heterocycles. The predicted octanol–water partition coefficient (Wildman–Crippen LogP) is 1.04. The highest BCUT2D eigenvalue weighted by molar-refractivity contribution is 5.78. The molecule has 2 heterocycles. The van der Waals surface area contributed by atoms with Crippen LogP contribution in [0.3, 0.4) is 0 Å².